The van der Waals surface area contributed by atoms with Gasteiger partial charge in [-0.05, 0) is 29.8 Å². The maximum absolute atomic E-state index is 12.0. The van der Waals surface area contributed by atoms with Crippen LogP contribution >= 0.6 is 39.0 Å². The van der Waals surface area contributed by atoms with E-state index in [9.17, 15) is 9.59 Å². The third-order valence-electron chi connectivity index (χ3n) is 3.28. The second kappa shape index (κ2) is 10.2. The van der Waals surface area contributed by atoms with E-state index in [2.05, 4.69) is 36.8 Å². The molecule has 1 aromatic heterocycles. The Bertz CT molecular complexity index is 936. The number of nitrogens with zero attached hydrogens (tertiary/aromatic N) is 2. The lowest BCUT2D eigenvalue weighted by Gasteiger charge is -2.04. The van der Waals surface area contributed by atoms with Gasteiger partial charge in [-0.1, -0.05) is 69.4 Å². The Labute approximate surface area is 178 Å². The fraction of sp³-hybridized carbons (Fsp3) is 0.111. The summed E-state index contributed by atoms with van der Waals surface area (Å²) in [6.45, 7) is 0.170. The number of ether oxygens (including phenoxy) is 1. The van der Waals surface area contributed by atoms with Gasteiger partial charge in [0, 0.05) is 10.2 Å². The van der Waals surface area contributed by atoms with Crippen LogP contribution in [0.2, 0.25) is 0 Å². The van der Waals surface area contributed by atoms with Crippen molar-refractivity contribution >= 4 is 61.8 Å². The Morgan fingerprint density at radius 2 is 1.79 bits per heavy atom. The minimum absolute atomic E-state index is 0.153. The molecule has 0 saturated carbocycles. The number of aromatic nitrogens is 2. The van der Waals surface area contributed by atoms with Crippen LogP contribution in [0.3, 0.4) is 0 Å². The number of carbonyl (C=O) groups is 2. The van der Waals surface area contributed by atoms with Crippen LogP contribution in [0.4, 0.5) is 15.6 Å². The smallest absolute Gasteiger partial charge is 0.413 e. The third kappa shape index (κ3) is 6.63. The lowest BCUT2D eigenvalue weighted by molar-refractivity contribution is -0.113. The molecular formula is C18H15BrN4O3S2. The molecule has 0 saturated heterocycles. The molecule has 0 fully saturated rings. The lowest BCUT2D eigenvalue weighted by atomic mass is 10.2. The largest absolute Gasteiger partial charge is 0.444 e. The second-order valence-corrected chi connectivity index (χ2v) is 8.52. The van der Waals surface area contributed by atoms with Crippen molar-refractivity contribution in [3.63, 3.8) is 0 Å². The summed E-state index contributed by atoms with van der Waals surface area (Å²) < 4.78 is 6.64. The number of anilines is 2. The van der Waals surface area contributed by atoms with Crippen LogP contribution in [-0.4, -0.2) is 28.0 Å². The topological polar surface area (TPSA) is 93.2 Å². The highest BCUT2D eigenvalue weighted by Crippen LogP contribution is 2.25. The summed E-state index contributed by atoms with van der Waals surface area (Å²) in [5.74, 6) is 0.0303. The van der Waals surface area contributed by atoms with Crippen molar-refractivity contribution in [2.24, 2.45) is 0 Å². The summed E-state index contributed by atoms with van der Waals surface area (Å²) in [6.07, 6.45) is -0.607. The SMILES string of the molecule is O=C(CSc1nnc(NC(=O)OCc2ccccc2)s1)Nc1ccc(Br)cc1. The fourth-order valence-electron chi connectivity index (χ4n) is 2.02. The van der Waals surface area contributed by atoms with E-state index in [1.807, 2.05) is 42.5 Å². The molecule has 0 aliphatic heterocycles. The number of nitrogens with one attached hydrogen (secondary N) is 2. The normalized spacial score (nSPS) is 10.3. The van der Waals surface area contributed by atoms with E-state index >= 15 is 0 Å². The molecule has 1 heterocycles. The van der Waals surface area contributed by atoms with Gasteiger partial charge in [-0.25, -0.2) is 4.79 Å². The molecule has 0 aliphatic carbocycles. The molecule has 0 bridgehead atoms. The molecule has 0 aliphatic rings. The van der Waals surface area contributed by atoms with Gasteiger partial charge < -0.3 is 10.1 Å². The van der Waals surface area contributed by atoms with E-state index in [0.717, 1.165) is 15.7 Å². The van der Waals surface area contributed by atoms with Gasteiger partial charge in [0.1, 0.15) is 6.61 Å². The molecule has 144 valence electrons. The van der Waals surface area contributed by atoms with Gasteiger partial charge in [0.15, 0.2) is 4.34 Å². The van der Waals surface area contributed by atoms with Gasteiger partial charge >= 0.3 is 6.09 Å². The zero-order chi connectivity index (χ0) is 19.8. The fourth-order valence-corrected chi connectivity index (χ4v) is 3.82. The molecule has 10 heteroatoms. The van der Waals surface area contributed by atoms with Crippen molar-refractivity contribution in [2.75, 3.05) is 16.4 Å². The minimum atomic E-state index is -0.607. The van der Waals surface area contributed by atoms with Gasteiger partial charge in [-0.15, -0.1) is 10.2 Å². The number of thioether (sulfide) groups is 1. The molecule has 0 spiro atoms. The van der Waals surface area contributed by atoms with E-state index in [4.69, 9.17) is 4.74 Å². The van der Waals surface area contributed by atoms with E-state index in [-0.39, 0.29) is 18.3 Å². The molecular weight excluding hydrogens is 464 g/mol. The van der Waals surface area contributed by atoms with Crippen LogP contribution in [0.15, 0.2) is 63.4 Å². The maximum atomic E-state index is 12.0. The maximum Gasteiger partial charge on any atom is 0.413 e. The average molecular weight is 479 g/mol. The molecule has 7 nitrogen and oxygen atoms in total. The zero-order valence-electron chi connectivity index (χ0n) is 14.4. The number of halogens is 1. The van der Waals surface area contributed by atoms with Crippen LogP contribution in [0, 0.1) is 0 Å². The van der Waals surface area contributed by atoms with Gasteiger partial charge in [0.2, 0.25) is 11.0 Å². The summed E-state index contributed by atoms with van der Waals surface area (Å²) in [4.78, 5) is 23.8. The summed E-state index contributed by atoms with van der Waals surface area (Å²) in [5, 5.41) is 13.5. The standard InChI is InChI=1S/C18H15BrN4O3S2/c19-13-6-8-14(9-7-13)20-15(24)11-27-18-23-22-16(28-18)21-17(25)26-10-12-4-2-1-3-5-12/h1-9H,10-11H2,(H,20,24)(H,21,22,25). The predicted molar refractivity (Wildman–Crippen MR) is 114 cm³/mol. The first-order chi connectivity index (χ1) is 13.6. The monoisotopic (exact) mass is 478 g/mol. The van der Waals surface area contributed by atoms with Crippen molar-refractivity contribution in [3.8, 4) is 0 Å². The average Bonchev–Trinajstić information content (AvgIpc) is 3.15. The van der Waals surface area contributed by atoms with E-state index in [1.165, 1.54) is 23.1 Å². The highest BCUT2D eigenvalue weighted by Gasteiger charge is 2.11. The lowest BCUT2D eigenvalue weighted by Crippen LogP contribution is -2.13. The molecule has 2 amide bonds. The molecule has 0 radical (unpaired) electrons. The predicted octanol–water partition coefficient (Wildman–Crippen LogP) is 4.78. The molecule has 3 aromatic rings. The molecule has 2 aromatic carbocycles. The Hall–Kier alpha value is -2.43. The summed E-state index contributed by atoms with van der Waals surface area (Å²) in [7, 11) is 0. The van der Waals surface area contributed by atoms with Gasteiger partial charge in [-0.3, -0.25) is 10.1 Å². The molecule has 0 atom stereocenters. The third-order valence-corrected chi connectivity index (χ3v) is 5.78. The number of carbonyl (C=O) groups excluding carboxylic acids is 2. The molecule has 28 heavy (non-hydrogen) atoms. The van der Waals surface area contributed by atoms with Crippen molar-refractivity contribution in [3.05, 3.63) is 64.6 Å². The summed E-state index contributed by atoms with van der Waals surface area (Å²) in [6, 6.07) is 16.7. The quantitative estimate of drug-likeness (QED) is 0.374. The molecule has 0 unspecified atom stereocenters. The first kappa shape index (κ1) is 20.3. The van der Waals surface area contributed by atoms with Crippen molar-refractivity contribution in [2.45, 2.75) is 10.9 Å². The number of rotatable bonds is 7. The second-order valence-electron chi connectivity index (χ2n) is 5.40. The van der Waals surface area contributed by atoms with E-state index in [1.54, 1.807) is 12.1 Å². The van der Waals surface area contributed by atoms with Crippen LogP contribution in [0.25, 0.3) is 0 Å². The Morgan fingerprint density at radius 1 is 1.04 bits per heavy atom. The number of amides is 2. The molecule has 2 N–H and O–H groups in total. The van der Waals surface area contributed by atoms with Crippen LogP contribution in [0.5, 0.6) is 0 Å². The zero-order valence-corrected chi connectivity index (χ0v) is 17.6. The first-order valence-electron chi connectivity index (χ1n) is 8.08. The molecule has 3 rings (SSSR count). The Morgan fingerprint density at radius 3 is 2.54 bits per heavy atom. The van der Waals surface area contributed by atoms with Gasteiger partial charge in [0.05, 0.1) is 5.75 Å². The van der Waals surface area contributed by atoms with Crippen LogP contribution in [-0.2, 0) is 16.1 Å². The summed E-state index contributed by atoms with van der Waals surface area (Å²) >= 11 is 5.76. The van der Waals surface area contributed by atoms with Crippen molar-refractivity contribution < 1.29 is 14.3 Å². The Kier molecular flexibility index (Phi) is 7.40. The first-order valence-corrected chi connectivity index (χ1v) is 10.7. The highest BCUT2D eigenvalue weighted by molar-refractivity contribution is 9.10. The van der Waals surface area contributed by atoms with Gasteiger partial charge in [0.25, 0.3) is 0 Å². The van der Waals surface area contributed by atoms with Crippen LogP contribution in [0.1, 0.15) is 5.56 Å². The minimum Gasteiger partial charge on any atom is -0.444 e. The van der Waals surface area contributed by atoms with E-state index < -0.39 is 6.09 Å². The van der Waals surface area contributed by atoms with Gasteiger partial charge in [-0.2, -0.15) is 0 Å². The highest BCUT2D eigenvalue weighted by atomic mass is 79.9. The number of hydrogen-bond donors (Lipinski definition) is 2. The van der Waals surface area contributed by atoms with Crippen molar-refractivity contribution in [1.82, 2.24) is 10.2 Å². The van der Waals surface area contributed by atoms with Crippen molar-refractivity contribution in [1.29, 1.82) is 0 Å². The Balaban J connectivity index is 1.41. The van der Waals surface area contributed by atoms with E-state index in [0.29, 0.717) is 9.47 Å². The van der Waals surface area contributed by atoms with Crippen LogP contribution < -0.4 is 10.6 Å². The number of benzene rings is 2. The number of hydrogen-bond acceptors (Lipinski definition) is 7. The summed E-state index contributed by atoms with van der Waals surface area (Å²) in [5.41, 5.74) is 1.61.